The van der Waals surface area contributed by atoms with Crippen LogP contribution in [0, 0.1) is 0 Å². The van der Waals surface area contributed by atoms with Crippen LogP contribution in [0.4, 0.5) is 5.69 Å². The summed E-state index contributed by atoms with van der Waals surface area (Å²) in [5.41, 5.74) is 7.05. The van der Waals surface area contributed by atoms with Gasteiger partial charge in [0.25, 0.3) is 0 Å². The molecule has 0 fully saturated rings. The van der Waals surface area contributed by atoms with E-state index in [9.17, 15) is 8.42 Å². The van der Waals surface area contributed by atoms with Gasteiger partial charge in [0.15, 0.2) is 0 Å². The third kappa shape index (κ3) is 3.28. The van der Waals surface area contributed by atoms with Crippen LogP contribution in [0.3, 0.4) is 0 Å². The molecule has 0 atom stereocenters. The highest BCUT2D eigenvalue weighted by molar-refractivity contribution is 7.89. The number of para-hydroxylation sites is 1. The zero-order valence-corrected chi connectivity index (χ0v) is 11.9. The Morgan fingerprint density at radius 2 is 1.90 bits per heavy atom. The van der Waals surface area contributed by atoms with Crippen LogP contribution in [0.1, 0.15) is 5.56 Å². The van der Waals surface area contributed by atoms with Crippen LogP contribution in [0.5, 0.6) is 5.75 Å². The summed E-state index contributed by atoms with van der Waals surface area (Å²) in [4.78, 5) is 0.117. The summed E-state index contributed by atoms with van der Waals surface area (Å²) in [6, 6.07) is 13.5. The van der Waals surface area contributed by atoms with Gasteiger partial charge in [-0.25, -0.2) is 13.1 Å². The molecule has 0 bridgehead atoms. The van der Waals surface area contributed by atoms with Crippen molar-refractivity contribution >= 4 is 15.7 Å². The van der Waals surface area contributed by atoms with Gasteiger partial charge in [-0.05, 0) is 29.8 Å². The molecule has 0 heterocycles. The number of hydrogen-bond donors (Lipinski definition) is 2. The number of nitrogens with two attached hydrogens (primary N) is 1. The first-order valence-electron chi connectivity index (χ1n) is 6.00. The molecule has 0 saturated carbocycles. The highest BCUT2D eigenvalue weighted by Crippen LogP contribution is 2.22. The lowest BCUT2D eigenvalue weighted by molar-refractivity contribution is 0.402. The van der Waals surface area contributed by atoms with Crippen molar-refractivity contribution in [2.45, 2.75) is 11.4 Å². The number of rotatable bonds is 5. The normalized spacial score (nSPS) is 11.2. The maximum absolute atomic E-state index is 12.2. The first-order valence-corrected chi connectivity index (χ1v) is 7.48. The second-order valence-corrected chi connectivity index (χ2v) is 5.96. The molecule has 0 aromatic heterocycles. The topological polar surface area (TPSA) is 81.4 Å². The SMILES string of the molecule is COc1ccccc1S(=O)(=O)NCc1cccc(N)c1. The van der Waals surface area contributed by atoms with E-state index in [2.05, 4.69) is 4.72 Å². The fraction of sp³-hybridized carbons (Fsp3) is 0.143. The lowest BCUT2D eigenvalue weighted by atomic mass is 10.2. The number of anilines is 1. The second kappa shape index (κ2) is 5.94. The Balaban J connectivity index is 2.19. The van der Waals surface area contributed by atoms with Crippen molar-refractivity contribution in [3.63, 3.8) is 0 Å². The van der Waals surface area contributed by atoms with E-state index in [1.54, 1.807) is 42.5 Å². The molecule has 0 aliphatic heterocycles. The Bertz CT molecular complexity index is 699. The van der Waals surface area contributed by atoms with Gasteiger partial charge in [0.05, 0.1) is 7.11 Å². The standard InChI is InChI=1S/C14H16N2O3S/c1-19-13-7-2-3-8-14(13)20(17,18)16-10-11-5-4-6-12(15)9-11/h2-9,16H,10,15H2,1H3. The van der Waals surface area contributed by atoms with Gasteiger partial charge in [0, 0.05) is 12.2 Å². The summed E-state index contributed by atoms with van der Waals surface area (Å²) in [5.74, 6) is 0.313. The molecule has 5 nitrogen and oxygen atoms in total. The fourth-order valence-corrected chi connectivity index (χ4v) is 2.99. The molecule has 0 unspecified atom stereocenters. The molecule has 0 aliphatic carbocycles. The van der Waals surface area contributed by atoms with E-state index in [1.807, 2.05) is 0 Å². The maximum Gasteiger partial charge on any atom is 0.244 e. The van der Waals surface area contributed by atoms with E-state index >= 15 is 0 Å². The van der Waals surface area contributed by atoms with Gasteiger partial charge in [-0.3, -0.25) is 0 Å². The third-order valence-electron chi connectivity index (χ3n) is 2.78. The Morgan fingerprint density at radius 1 is 1.15 bits per heavy atom. The number of benzene rings is 2. The fourth-order valence-electron chi connectivity index (χ4n) is 1.80. The van der Waals surface area contributed by atoms with Crippen molar-refractivity contribution in [2.75, 3.05) is 12.8 Å². The van der Waals surface area contributed by atoms with Crippen molar-refractivity contribution in [1.82, 2.24) is 4.72 Å². The minimum Gasteiger partial charge on any atom is -0.495 e. The lowest BCUT2D eigenvalue weighted by Crippen LogP contribution is -2.23. The molecule has 6 heteroatoms. The summed E-state index contributed by atoms with van der Waals surface area (Å²) >= 11 is 0. The Labute approximate surface area is 118 Å². The molecule has 106 valence electrons. The number of sulfonamides is 1. The first kappa shape index (κ1) is 14.4. The summed E-state index contributed by atoms with van der Waals surface area (Å²) in [7, 11) is -2.19. The van der Waals surface area contributed by atoms with Crippen LogP contribution in [-0.4, -0.2) is 15.5 Å². The van der Waals surface area contributed by atoms with Gasteiger partial charge in [-0.1, -0.05) is 24.3 Å². The van der Waals surface area contributed by atoms with Crippen molar-refractivity contribution < 1.29 is 13.2 Å². The van der Waals surface area contributed by atoms with Gasteiger partial charge in [0.2, 0.25) is 10.0 Å². The van der Waals surface area contributed by atoms with Crippen LogP contribution in [-0.2, 0) is 16.6 Å². The molecule has 2 rings (SSSR count). The molecular formula is C14H16N2O3S. The highest BCUT2D eigenvalue weighted by Gasteiger charge is 2.18. The van der Waals surface area contributed by atoms with Crippen LogP contribution >= 0.6 is 0 Å². The average molecular weight is 292 g/mol. The molecular weight excluding hydrogens is 276 g/mol. The smallest absolute Gasteiger partial charge is 0.244 e. The van der Waals surface area contributed by atoms with Gasteiger partial charge in [-0.15, -0.1) is 0 Å². The summed E-state index contributed by atoms with van der Waals surface area (Å²) in [5, 5.41) is 0. The number of ether oxygens (including phenoxy) is 1. The van der Waals surface area contributed by atoms with E-state index < -0.39 is 10.0 Å². The number of hydrogen-bond acceptors (Lipinski definition) is 4. The van der Waals surface area contributed by atoms with Crippen molar-refractivity contribution in [3.8, 4) is 5.75 Å². The summed E-state index contributed by atoms with van der Waals surface area (Å²) < 4.78 is 32.1. The van der Waals surface area contributed by atoms with Crippen LogP contribution < -0.4 is 15.2 Å². The van der Waals surface area contributed by atoms with E-state index in [0.29, 0.717) is 11.4 Å². The van der Waals surface area contributed by atoms with Crippen molar-refractivity contribution in [1.29, 1.82) is 0 Å². The minimum absolute atomic E-state index is 0.117. The number of methoxy groups -OCH3 is 1. The molecule has 0 saturated heterocycles. The molecule has 0 aliphatic rings. The minimum atomic E-state index is -3.63. The average Bonchev–Trinajstić information content (AvgIpc) is 2.45. The molecule has 2 aromatic carbocycles. The van der Waals surface area contributed by atoms with Crippen LogP contribution in [0.2, 0.25) is 0 Å². The zero-order chi connectivity index (χ0) is 14.6. The largest absolute Gasteiger partial charge is 0.495 e. The van der Waals surface area contributed by atoms with E-state index in [-0.39, 0.29) is 11.4 Å². The zero-order valence-electron chi connectivity index (χ0n) is 11.0. The molecule has 0 amide bonds. The van der Waals surface area contributed by atoms with E-state index in [1.165, 1.54) is 13.2 Å². The Morgan fingerprint density at radius 3 is 2.60 bits per heavy atom. The maximum atomic E-state index is 12.2. The van der Waals surface area contributed by atoms with E-state index in [4.69, 9.17) is 10.5 Å². The summed E-state index contributed by atoms with van der Waals surface area (Å²) in [6.45, 7) is 0.172. The number of nitrogen functional groups attached to an aromatic ring is 1. The Hall–Kier alpha value is -2.05. The lowest BCUT2D eigenvalue weighted by Gasteiger charge is -2.10. The number of nitrogens with one attached hydrogen (secondary N) is 1. The van der Waals surface area contributed by atoms with Crippen molar-refractivity contribution in [2.24, 2.45) is 0 Å². The molecule has 20 heavy (non-hydrogen) atoms. The second-order valence-electron chi connectivity index (χ2n) is 4.22. The molecule has 2 aromatic rings. The van der Waals surface area contributed by atoms with E-state index in [0.717, 1.165) is 5.56 Å². The molecule has 0 spiro atoms. The van der Waals surface area contributed by atoms with Gasteiger partial charge in [0.1, 0.15) is 10.6 Å². The van der Waals surface area contributed by atoms with Gasteiger partial charge >= 0.3 is 0 Å². The van der Waals surface area contributed by atoms with Gasteiger partial charge < -0.3 is 10.5 Å². The molecule has 3 N–H and O–H groups in total. The highest BCUT2D eigenvalue weighted by atomic mass is 32.2. The van der Waals surface area contributed by atoms with Crippen molar-refractivity contribution in [3.05, 3.63) is 54.1 Å². The predicted molar refractivity (Wildman–Crippen MR) is 77.9 cm³/mol. The quantitative estimate of drug-likeness (QED) is 0.823. The van der Waals surface area contributed by atoms with Gasteiger partial charge in [-0.2, -0.15) is 0 Å². The van der Waals surface area contributed by atoms with Crippen LogP contribution in [0.15, 0.2) is 53.4 Å². The third-order valence-corrected chi connectivity index (χ3v) is 4.22. The van der Waals surface area contributed by atoms with Crippen LogP contribution in [0.25, 0.3) is 0 Å². The molecule has 0 radical (unpaired) electrons. The predicted octanol–water partition coefficient (Wildman–Crippen LogP) is 1.76. The summed E-state index contributed by atoms with van der Waals surface area (Å²) in [6.07, 6.45) is 0. The Kier molecular flexibility index (Phi) is 4.26. The first-order chi connectivity index (χ1) is 9.53. The monoisotopic (exact) mass is 292 g/mol.